The van der Waals surface area contributed by atoms with E-state index in [1.54, 1.807) is 11.7 Å². The molecule has 0 unspecified atom stereocenters. The summed E-state index contributed by atoms with van der Waals surface area (Å²) in [4.78, 5) is 13.0. The van der Waals surface area contributed by atoms with E-state index in [1.165, 1.54) is 0 Å². The minimum atomic E-state index is -0.0320. The first-order valence-corrected chi connectivity index (χ1v) is 8.61. The van der Waals surface area contributed by atoms with Gasteiger partial charge in [0.15, 0.2) is 5.82 Å². The van der Waals surface area contributed by atoms with Crippen molar-refractivity contribution >= 4 is 16.7 Å². The molecule has 0 fully saturated rings. The predicted molar refractivity (Wildman–Crippen MR) is 102 cm³/mol. The second-order valence-electron chi connectivity index (χ2n) is 6.71. The van der Waals surface area contributed by atoms with E-state index in [9.17, 15) is 4.79 Å². The molecule has 0 aliphatic rings. The summed E-state index contributed by atoms with van der Waals surface area (Å²) in [6, 6.07) is 15.3. The minimum Gasteiger partial charge on any atom is -0.497 e. The predicted octanol–water partition coefficient (Wildman–Crippen LogP) is 3.38. The highest BCUT2D eigenvalue weighted by atomic mass is 16.5. The molecule has 2 heterocycles. The number of ether oxygens (including phenoxy) is 1. The molecular formula is C20H20N4O2. The summed E-state index contributed by atoms with van der Waals surface area (Å²) in [6.45, 7) is 4.76. The zero-order valence-electron chi connectivity index (χ0n) is 15.0. The lowest BCUT2D eigenvalue weighted by atomic mass is 10.2. The summed E-state index contributed by atoms with van der Waals surface area (Å²) in [6.07, 6.45) is 0. The van der Waals surface area contributed by atoms with Gasteiger partial charge in [-0.3, -0.25) is 13.8 Å². The molecule has 0 N–H and O–H groups in total. The van der Waals surface area contributed by atoms with E-state index in [2.05, 4.69) is 24.0 Å². The number of methoxy groups -OCH3 is 1. The molecular weight excluding hydrogens is 328 g/mol. The molecule has 0 aliphatic heterocycles. The Kier molecular flexibility index (Phi) is 3.95. The van der Waals surface area contributed by atoms with E-state index in [0.717, 1.165) is 16.8 Å². The smallest absolute Gasteiger partial charge is 0.262 e. The van der Waals surface area contributed by atoms with Gasteiger partial charge in [0, 0.05) is 12.1 Å². The van der Waals surface area contributed by atoms with Crippen LogP contribution in [0.25, 0.3) is 28.1 Å². The number of fused-ring (bicyclic) bond motifs is 3. The maximum atomic E-state index is 13.0. The van der Waals surface area contributed by atoms with Crippen LogP contribution in [-0.2, 0) is 6.54 Å². The summed E-state index contributed by atoms with van der Waals surface area (Å²) in [5, 5.41) is 9.40. The third-order valence-electron chi connectivity index (χ3n) is 4.40. The van der Waals surface area contributed by atoms with Crippen molar-refractivity contribution in [2.24, 2.45) is 5.92 Å². The SMILES string of the molecule is COc1ccc(-c2nnc3n(CC(C)C)c(=O)c4ccccc4n23)cc1. The van der Waals surface area contributed by atoms with Crippen LogP contribution in [0.4, 0.5) is 0 Å². The largest absolute Gasteiger partial charge is 0.497 e. The minimum absolute atomic E-state index is 0.0320. The van der Waals surface area contributed by atoms with E-state index in [0.29, 0.717) is 29.5 Å². The summed E-state index contributed by atoms with van der Waals surface area (Å²) in [5.41, 5.74) is 1.69. The summed E-state index contributed by atoms with van der Waals surface area (Å²) in [5.74, 6) is 2.37. The van der Waals surface area contributed by atoms with Crippen LogP contribution >= 0.6 is 0 Å². The standard InChI is InChI=1S/C20H20N4O2/c1-13(2)12-23-19(25)16-6-4-5-7-17(16)24-18(21-22-20(23)24)14-8-10-15(26-3)11-9-14/h4-11,13H,12H2,1-3H3. The molecule has 0 amide bonds. The van der Waals surface area contributed by atoms with Gasteiger partial charge in [0.25, 0.3) is 5.56 Å². The highest BCUT2D eigenvalue weighted by Crippen LogP contribution is 2.24. The van der Waals surface area contributed by atoms with E-state index in [-0.39, 0.29) is 5.56 Å². The first-order chi connectivity index (χ1) is 12.6. The number of aromatic nitrogens is 4. The lowest BCUT2D eigenvalue weighted by Crippen LogP contribution is -2.25. The molecule has 0 saturated heterocycles. The quantitative estimate of drug-likeness (QED) is 0.567. The van der Waals surface area contributed by atoms with Gasteiger partial charge >= 0.3 is 0 Å². The first kappa shape index (κ1) is 16.3. The fraction of sp³-hybridized carbons (Fsp3) is 0.250. The summed E-state index contributed by atoms with van der Waals surface area (Å²) in [7, 11) is 1.64. The molecule has 4 aromatic rings. The van der Waals surface area contributed by atoms with Gasteiger partial charge in [0.1, 0.15) is 5.75 Å². The van der Waals surface area contributed by atoms with E-state index in [4.69, 9.17) is 4.74 Å². The van der Waals surface area contributed by atoms with Gasteiger partial charge in [-0.1, -0.05) is 26.0 Å². The third kappa shape index (κ3) is 2.54. The molecule has 26 heavy (non-hydrogen) atoms. The Bertz CT molecular complexity index is 1140. The zero-order chi connectivity index (χ0) is 18.3. The van der Waals surface area contributed by atoms with Gasteiger partial charge in [-0.15, -0.1) is 10.2 Å². The number of hydrogen-bond donors (Lipinski definition) is 0. The number of nitrogens with zero attached hydrogens (tertiary/aromatic N) is 4. The van der Waals surface area contributed by atoms with E-state index in [1.807, 2.05) is 52.9 Å². The lowest BCUT2D eigenvalue weighted by Gasteiger charge is -2.13. The molecule has 6 nitrogen and oxygen atoms in total. The highest BCUT2D eigenvalue weighted by molar-refractivity contribution is 5.82. The Morgan fingerprint density at radius 1 is 1.04 bits per heavy atom. The lowest BCUT2D eigenvalue weighted by molar-refractivity contribution is 0.415. The number of para-hydroxylation sites is 1. The van der Waals surface area contributed by atoms with Crippen LogP contribution in [0, 0.1) is 5.92 Å². The van der Waals surface area contributed by atoms with Crippen LogP contribution in [0.5, 0.6) is 5.75 Å². The van der Waals surface area contributed by atoms with Gasteiger partial charge in [0.2, 0.25) is 5.78 Å². The maximum absolute atomic E-state index is 13.0. The van der Waals surface area contributed by atoms with Crippen LogP contribution < -0.4 is 10.3 Å². The van der Waals surface area contributed by atoms with Gasteiger partial charge < -0.3 is 4.74 Å². The van der Waals surface area contributed by atoms with E-state index >= 15 is 0 Å². The molecule has 132 valence electrons. The molecule has 4 rings (SSSR count). The van der Waals surface area contributed by atoms with E-state index < -0.39 is 0 Å². The number of hydrogen-bond acceptors (Lipinski definition) is 4. The fourth-order valence-corrected chi connectivity index (χ4v) is 3.22. The second-order valence-corrected chi connectivity index (χ2v) is 6.71. The monoisotopic (exact) mass is 348 g/mol. The molecule has 0 bridgehead atoms. The second kappa shape index (κ2) is 6.29. The van der Waals surface area contributed by atoms with Gasteiger partial charge in [-0.2, -0.15) is 0 Å². The van der Waals surface area contributed by atoms with Crippen LogP contribution in [0.2, 0.25) is 0 Å². The molecule has 6 heteroatoms. The summed E-state index contributed by atoms with van der Waals surface area (Å²) < 4.78 is 8.91. The Balaban J connectivity index is 2.07. The van der Waals surface area contributed by atoms with Gasteiger partial charge in [-0.25, -0.2) is 0 Å². The highest BCUT2D eigenvalue weighted by Gasteiger charge is 2.17. The number of rotatable bonds is 4. The average molecular weight is 348 g/mol. The van der Waals surface area contributed by atoms with Crippen LogP contribution in [0.15, 0.2) is 53.3 Å². The van der Waals surface area contributed by atoms with Gasteiger partial charge in [-0.05, 0) is 42.3 Å². The Labute approximate surface area is 150 Å². The molecule has 0 spiro atoms. The third-order valence-corrected chi connectivity index (χ3v) is 4.40. The topological polar surface area (TPSA) is 61.4 Å². The van der Waals surface area contributed by atoms with Crippen LogP contribution in [0.1, 0.15) is 13.8 Å². The van der Waals surface area contributed by atoms with Crippen molar-refractivity contribution in [3.8, 4) is 17.1 Å². The van der Waals surface area contributed by atoms with Crippen molar-refractivity contribution in [2.45, 2.75) is 20.4 Å². The molecule has 2 aromatic heterocycles. The molecule has 0 aliphatic carbocycles. The Morgan fingerprint density at radius 2 is 1.77 bits per heavy atom. The normalized spacial score (nSPS) is 11.5. The maximum Gasteiger partial charge on any atom is 0.262 e. The average Bonchev–Trinajstić information content (AvgIpc) is 3.10. The van der Waals surface area contributed by atoms with Crippen molar-refractivity contribution in [3.05, 3.63) is 58.9 Å². The van der Waals surface area contributed by atoms with Crippen LogP contribution in [0.3, 0.4) is 0 Å². The zero-order valence-corrected chi connectivity index (χ0v) is 15.0. The van der Waals surface area contributed by atoms with Crippen molar-refractivity contribution < 1.29 is 4.74 Å². The van der Waals surface area contributed by atoms with Crippen molar-refractivity contribution in [3.63, 3.8) is 0 Å². The fourth-order valence-electron chi connectivity index (χ4n) is 3.22. The van der Waals surface area contributed by atoms with Crippen molar-refractivity contribution in [2.75, 3.05) is 7.11 Å². The Hall–Kier alpha value is -3.15. The Morgan fingerprint density at radius 3 is 2.46 bits per heavy atom. The van der Waals surface area contributed by atoms with Gasteiger partial charge in [0.05, 0.1) is 18.0 Å². The van der Waals surface area contributed by atoms with Crippen molar-refractivity contribution in [1.82, 2.24) is 19.2 Å². The molecule has 0 radical (unpaired) electrons. The molecule has 2 aromatic carbocycles. The first-order valence-electron chi connectivity index (χ1n) is 8.61. The van der Waals surface area contributed by atoms with Crippen molar-refractivity contribution in [1.29, 1.82) is 0 Å². The number of benzene rings is 2. The van der Waals surface area contributed by atoms with Crippen LogP contribution in [-0.4, -0.2) is 26.3 Å². The summed E-state index contributed by atoms with van der Waals surface area (Å²) >= 11 is 0. The molecule has 0 saturated carbocycles. The molecule has 0 atom stereocenters.